The summed E-state index contributed by atoms with van der Waals surface area (Å²) in [5.41, 5.74) is 1.23. The summed E-state index contributed by atoms with van der Waals surface area (Å²) < 4.78 is 7.42. The van der Waals surface area contributed by atoms with Gasteiger partial charge in [0, 0.05) is 30.0 Å². The minimum atomic E-state index is -0.492. The van der Waals surface area contributed by atoms with Gasteiger partial charge in [-0.15, -0.1) is 0 Å². The van der Waals surface area contributed by atoms with Gasteiger partial charge in [0.1, 0.15) is 0 Å². The lowest BCUT2D eigenvalue weighted by Gasteiger charge is -2.22. The third-order valence-electron chi connectivity index (χ3n) is 4.22. The van der Waals surface area contributed by atoms with Crippen LogP contribution in [0.15, 0.2) is 30.6 Å². The van der Waals surface area contributed by atoms with Crippen molar-refractivity contribution in [3.8, 4) is 0 Å². The van der Waals surface area contributed by atoms with Crippen LogP contribution in [0, 0.1) is 17.0 Å². The van der Waals surface area contributed by atoms with Crippen LogP contribution in [0.2, 0.25) is 0 Å². The molecule has 1 unspecified atom stereocenters. The topological polar surface area (TPSA) is 99.3 Å². The first kappa shape index (κ1) is 17.1. The summed E-state index contributed by atoms with van der Waals surface area (Å²) in [5.74, 6) is -0.406. The number of nitrogens with zero attached hydrogens (tertiary/aromatic N) is 3. The predicted octanol–water partition coefficient (Wildman–Crippen LogP) is 2.92. The molecule has 0 radical (unpaired) electrons. The number of amides is 1. The summed E-state index contributed by atoms with van der Waals surface area (Å²) >= 11 is 0. The van der Waals surface area contributed by atoms with Gasteiger partial charge in [-0.05, 0) is 32.3 Å². The normalized spacial score (nSPS) is 17.2. The predicted molar refractivity (Wildman–Crippen MR) is 91.6 cm³/mol. The number of nitro benzene ring substituents is 1. The third kappa shape index (κ3) is 4.21. The zero-order valence-electron chi connectivity index (χ0n) is 14.0. The Morgan fingerprint density at radius 1 is 1.48 bits per heavy atom. The van der Waals surface area contributed by atoms with Crippen LogP contribution in [0.1, 0.15) is 35.2 Å². The van der Waals surface area contributed by atoms with E-state index in [-0.39, 0.29) is 17.4 Å². The molecule has 8 heteroatoms. The van der Waals surface area contributed by atoms with Crippen molar-refractivity contribution in [2.45, 2.75) is 38.8 Å². The molecule has 1 aromatic heterocycles. The minimum absolute atomic E-state index is 0.0715. The lowest BCUT2D eigenvalue weighted by atomic mass is 10.1. The number of aryl methyl sites for hydroxylation is 1. The number of ether oxygens (including phenoxy) is 1. The monoisotopic (exact) mass is 344 g/mol. The molecule has 1 amide bonds. The highest BCUT2D eigenvalue weighted by molar-refractivity contribution is 6.04. The number of hydrogen-bond acceptors (Lipinski definition) is 5. The zero-order chi connectivity index (χ0) is 17.8. The van der Waals surface area contributed by atoms with E-state index in [1.54, 1.807) is 36.1 Å². The highest BCUT2D eigenvalue weighted by Crippen LogP contribution is 2.20. The van der Waals surface area contributed by atoms with E-state index in [2.05, 4.69) is 10.4 Å². The van der Waals surface area contributed by atoms with Crippen LogP contribution in [0.4, 0.5) is 11.4 Å². The van der Waals surface area contributed by atoms with Crippen LogP contribution in [-0.4, -0.2) is 33.3 Å². The molecule has 1 N–H and O–H groups in total. The van der Waals surface area contributed by atoms with E-state index < -0.39 is 10.8 Å². The Hall–Kier alpha value is -2.74. The van der Waals surface area contributed by atoms with Gasteiger partial charge in [-0.3, -0.25) is 19.6 Å². The van der Waals surface area contributed by atoms with Crippen LogP contribution >= 0.6 is 0 Å². The summed E-state index contributed by atoms with van der Waals surface area (Å²) in [6.07, 6.45) is 6.70. The van der Waals surface area contributed by atoms with Crippen molar-refractivity contribution < 1.29 is 14.5 Å². The Morgan fingerprint density at radius 3 is 3.04 bits per heavy atom. The van der Waals surface area contributed by atoms with Gasteiger partial charge < -0.3 is 10.1 Å². The zero-order valence-corrected chi connectivity index (χ0v) is 14.0. The van der Waals surface area contributed by atoms with Gasteiger partial charge in [-0.2, -0.15) is 5.10 Å². The number of hydrogen-bond donors (Lipinski definition) is 1. The number of nitro groups is 1. The van der Waals surface area contributed by atoms with Crippen LogP contribution in [0.5, 0.6) is 0 Å². The van der Waals surface area contributed by atoms with Gasteiger partial charge in [0.25, 0.3) is 11.6 Å². The molecule has 25 heavy (non-hydrogen) atoms. The van der Waals surface area contributed by atoms with Crippen LogP contribution in [0.3, 0.4) is 0 Å². The summed E-state index contributed by atoms with van der Waals surface area (Å²) in [6.45, 7) is 3.06. The molecule has 1 aliphatic heterocycles. The quantitative estimate of drug-likeness (QED) is 0.664. The molecule has 0 saturated carbocycles. The van der Waals surface area contributed by atoms with Gasteiger partial charge in [-0.1, -0.05) is 6.07 Å². The van der Waals surface area contributed by atoms with Crippen molar-refractivity contribution in [3.63, 3.8) is 0 Å². The fraction of sp³-hybridized carbons (Fsp3) is 0.412. The molecule has 1 aliphatic rings. The number of carbonyl (C=O) groups excluding carboxylic acids is 1. The fourth-order valence-corrected chi connectivity index (χ4v) is 2.84. The molecule has 2 aromatic rings. The molecule has 3 rings (SSSR count). The summed E-state index contributed by atoms with van der Waals surface area (Å²) in [4.78, 5) is 22.8. The lowest BCUT2D eigenvalue weighted by molar-refractivity contribution is -0.385. The Morgan fingerprint density at radius 2 is 2.32 bits per heavy atom. The molecule has 0 bridgehead atoms. The number of anilines is 1. The van der Waals surface area contributed by atoms with Crippen LogP contribution in [0.25, 0.3) is 0 Å². The van der Waals surface area contributed by atoms with Crippen molar-refractivity contribution in [1.29, 1.82) is 0 Å². The van der Waals surface area contributed by atoms with Crippen molar-refractivity contribution in [2.75, 3.05) is 11.9 Å². The molecule has 132 valence electrons. The van der Waals surface area contributed by atoms with Crippen molar-refractivity contribution >= 4 is 17.3 Å². The molecule has 8 nitrogen and oxygen atoms in total. The molecule has 1 fully saturated rings. The molecular weight excluding hydrogens is 324 g/mol. The maximum absolute atomic E-state index is 12.3. The second kappa shape index (κ2) is 7.43. The highest BCUT2D eigenvalue weighted by atomic mass is 16.6. The van der Waals surface area contributed by atoms with Gasteiger partial charge in [0.15, 0.2) is 0 Å². The maximum Gasteiger partial charge on any atom is 0.273 e. The van der Waals surface area contributed by atoms with Crippen molar-refractivity contribution in [1.82, 2.24) is 9.78 Å². The second-order valence-corrected chi connectivity index (χ2v) is 6.15. The number of carbonyl (C=O) groups is 1. The van der Waals surface area contributed by atoms with E-state index >= 15 is 0 Å². The van der Waals surface area contributed by atoms with Gasteiger partial charge >= 0.3 is 0 Å². The van der Waals surface area contributed by atoms with E-state index in [4.69, 9.17) is 4.74 Å². The maximum atomic E-state index is 12.3. The molecule has 1 atom stereocenters. The average Bonchev–Trinajstić information content (AvgIpc) is 3.02. The number of nitrogens with one attached hydrogen (secondary N) is 1. The van der Waals surface area contributed by atoms with Crippen molar-refractivity contribution in [2.24, 2.45) is 0 Å². The Bertz CT molecular complexity index is 781. The average molecular weight is 344 g/mol. The molecule has 0 spiro atoms. The van der Waals surface area contributed by atoms with Crippen LogP contribution < -0.4 is 5.32 Å². The van der Waals surface area contributed by atoms with Crippen LogP contribution in [-0.2, 0) is 11.3 Å². The Kier molecular flexibility index (Phi) is 5.08. The Balaban J connectivity index is 1.65. The molecule has 1 aromatic carbocycles. The molecule has 2 heterocycles. The first-order valence-corrected chi connectivity index (χ1v) is 8.23. The summed E-state index contributed by atoms with van der Waals surface area (Å²) in [6, 6.07) is 4.42. The third-order valence-corrected chi connectivity index (χ3v) is 4.22. The standard InChI is InChI=1S/C17H20N4O4/c1-12-5-6-13(8-16(12)21(23)24)17(22)19-14-9-18-20(10-14)11-15-4-2-3-7-25-15/h5-6,8-10,15H,2-4,7,11H2,1H3,(H,19,22). The smallest absolute Gasteiger partial charge is 0.273 e. The first-order valence-electron chi connectivity index (χ1n) is 8.23. The molecule has 0 aliphatic carbocycles. The Labute approximate surface area is 144 Å². The largest absolute Gasteiger partial charge is 0.376 e. The fourth-order valence-electron chi connectivity index (χ4n) is 2.84. The van der Waals surface area contributed by atoms with Gasteiger partial charge in [0.05, 0.1) is 29.5 Å². The first-order chi connectivity index (χ1) is 12.0. The van der Waals surface area contributed by atoms with E-state index in [0.29, 0.717) is 17.8 Å². The van der Waals surface area contributed by atoms with Crippen molar-refractivity contribution in [3.05, 3.63) is 51.8 Å². The van der Waals surface area contributed by atoms with E-state index in [9.17, 15) is 14.9 Å². The second-order valence-electron chi connectivity index (χ2n) is 6.15. The van der Waals surface area contributed by atoms with Gasteiger partial charge in [-0.25, -0.2) is 0 Å². The summed E-state index contributed by atoms with van der Waals surface area (Å²) in [7, 11) is 0. The number of aromatic nitrogens is 2. The summed E-state index contributed by atoms with van der Waals surface area (Å²) in [5, 5.41) is 17.9. The lowest BCUT2D eigenvalue weighted by Crippen LogP contribution is -2.24. The minimum Gasteiger partial charge on any atom is -0.376 e. The molecular formula is C17H20N4O4. The van der Waals surface area contributed by atoms with Gasteiger partial charge in [0.2, 0.25) is 0 Å². The SMILES string of the molecule is Cc1ccc(C(=O)Nc2cnn(CC3CCCCO3)c2)cc1[N+](=O)[O-]. The highest BCUT2D eigenvalue weighted by Gasteiger charge is 2.17. The van der Waals surface area contributed by atoms with E-state index in [0.717, 1.165) is 25.9 Å². The number of rotatable bonds is 5. The molecule has 1 saturated heterocycles. The van der Waals surface area contributed by atoms with E-state index in [1.807, 2.05) is 0 Å². The van der Waals surface area contributed by atoms with E-state index in [1.165, 1.54) is 6.07 Å². The number of benzene rings is 1.